The molecule has 100 valence electrons. The van der Waals surface area contributed by atoms with Crippen molar-refractivity contribution in [3.05, 3.63) is 52.6 Å². The van der Waals surface area contributed by atoms with Gasteiger partial charge in [0.1, 0.15) is 10.3 Å². The summed E-state index contributed by atoms with van der Waals surface area (Å²) >= 11 is 6.34. The Balaban J connectivity index is 1.69. The third-order valence-electron chi connectivity index (χ3n) is 2.64. The summed E-state index contributed by atoms with van der Waals surface area (Å²) in [7, 11) is 0. The van der Waals surface area contributed by atoms with Gasteiger partial charge in [-0.25, -0.2) is 9.97 Å². The molecule has 2 aromatic heterocycles. The zero-order chi connectivity index (χ0) is 13.9. The van der Waals surface area contributed by atoms with Crippen molar-refractivity contribution >= 4 is 55.2 Å². The first-order valence-electron chi connectivity index (χ1n) is 5.85. The Morgan fingerprint density at radius 3 is 2.80 bits per heavy atom. The van der Waals surface area contributed by atoms with Crippen LogP contribution in [0.25, 0.3) is 10.3 Å². The molecule has 3 nitrogen and oxygen atoms in total. The van der Waals surface area contributed by atoms with E-state index in [1.165, 1.54) is 23.1 Å². The Morgan fingerprint density at radius 1 is 1.25 bits per heavy atom. The second-order valence-corrected chi connectivity index (χ2v) is 7.14. The number of halogens is 1. The highest BCUT2D eigenvalue weighted by Crippen LogP contribution is 2.28. The molecule has 3 aromatic rings. The SMILES string of the molecule is O=C(CSc1nc2cccnc2s1)c1ccc(Br)cc1. The molecule has 0 amide bonds. The van der Waals surface area contributed by atoms with Crippen LogP contribution in [0, 0.1) is 0 Å². The highest BCUT2D eigenvalue weighted by atomic mass is 79.9. The molecule has 0 aliphatic rings. The van der Waals surface area contributed by atoms with Gasteiger partial charge in [-0.05, 0) is 24.3 Å². The quantitative estimate of drug-likeness (QED) is 0.507. The molecule has 0 unspecified atom stereocenters. The minimum absolute atomic E-state index is 0.106. The number of ketones is 1. The molecule has 0 aliphatic carbocycles. The predicted octanol–water partition coefficient (Wildman–Crippen LogP) is 4.43. The number of nitrogens with zero attached hydrogens (tertiary/aromatic N) is 2. The fourth-order valence-corrected chi connectivity index (χ4v) is 3.80. The fourth-order valence-electron chi connectivity index (χ4n) is 1.66. The highest BCUT2D eigenvalue weighted by Gasteiger charge is 2.10. The fraction of sp³-hybridized carbons (Fsp3) is 0.0714. The van der Waals surface area contributed by atoms with Crippen LogP contribution in [0.5, 0.6) is 0 Å². The van der Waals surface area contributed by atoms with E-state index in [0.717, 1.165) is 24.7 Å². The normalized spacial score (nSPS) is 10.8. The van der Waals surface area contributed by atoms with Gasteiger partial charge in [0.25, 0.3) is 0 Å². The molecule has 0 radical (unpaired) electrons. The van der Waals surface area contributed by atoms with Crippen LogP contribution in [0.15, 0.2) is 51.4 Å². The van der Waals surface area contributed by atoms with Crippen molar-refractivity contribution in [3.8, 4) is 0 Å². The summed E-state index contributed by atoms with van der Waals surface area (Å²) in [6.07, 6.45) is 1.75. The summed E-state index contributed by atoms with van der Waals surface area (Å²) in [6, 6.07) is 11.2. The van der Waals surface area contributed by atoms with Gasteiger partial charge in [-0.15, -0.1) is 0 Å². The van der Waals surface area contributed by atoms with E-state index in [4.69, 9.17) is 0 Å². The number of carbonyl (C=O) groups excluding carboxylic acids is 1. The van der Waals surface area contributed by atoms with Gasteiger partial charge in [0.2, 0.25) is 0 Å². The number of benzene rings is 1. The van der Waals surface area contributed by atoms with Gasteiger partial charge in [0.05, 0.1) is 5.75 Å². The second-order valence-electron chi connectivity index (χ2n) is 4.03. The first-order chi connectivity index (χ1) is 9.72. The summed E-state index contributed by atoms with van der Waals surface area (Å²) in [5.74, 6) is 0.497. The van der Waals surface area contributed by atoms with Gasteiger partial charge in [-0.1, -0.05) is 51.2 Å². The molecule has 0 saturated carbocycles. The van der Waals surface area contributed by atoms with E-state index >= 15 is 0 Å². The second kappa shape index (κ2) is 6.03. The van der Waals surface area contributed by atoms with Gasteiger partial charge in [-0.3, -0.25) is 4.79 Å². The molecule has 3 rings (SSSR count). The van der Waals surface area contributed by atoms with Crippen molar-refractivity contribution < 1.29 is 4.79 Å². The lowest BCUT2D eigenvalue weighted by Crippen LogP contribution is -2.01. The van der Waals surface area contributed by atoms with E-state index in [9.17, 15) is 4.79 Å². The topological polar surface area (TPSA) is 42.9 Å². The molecule has 0 atom stereocenters. The van der Waals surface area contributed by atoms with Gasteiger partial charge in [0, 0.05) is 16.2 Å². The van der Waals surface area contributed by atoms with Gasteiger partial charge < -0.3 is 0 Å². The number of carbonyl (C=O) groups is 1. The zero-order valence-electron chi connectivity index (χ0n) is 10.2. The Hall–Kier alpha value is -1.24. The first kappa shape index (κ1) is 13.7. The maximum absolute atomic E-state index is 12.1. The van der Waals surface area contributed by atoms with Crippen LogP contribution in [0.4, 0.5) is 0 Å². The minimum Gasteiger partial charge on any atom is -0.293 e. The molecule has 0 spiro atoms. The minimum atomic E-state index is 0.106. The van der Waals surface area contributed by atoms with Crippen LogP contribution in [0.2, 0.25) is 0 Å². The third-order valence-corrected chi connectivity index (χ3v) is 5.29. The largest absolute Gasteiger partial charge is 0.293 e. The molecular weight excluding hydrogens is 356 g/mol. The standard InChI is InChI=1S/C14H9BrN2OS2/c15-10-5-3-9(4-6-10)12(18)8-19-14-17-11-2-1-7-16-13(11)20-14/h1-7H,8H2. The average molecular weight is 365 g/mol. The molecule has 0 fully saturated rings. The summed E-state index contributed by atoms with van der Waals surface area (Å²) in [5.41, 5.74) is 1.61. The van der Waals surface area contributed by atoms with Crippen LogP contribution < -0.4 is 0 Å². The van der Waals surface area contributed by atoms with Crippen molar-refractivity contribution in [2.75, 3.05) is 5.75 Å². The molecular formula is C14H9BrN2OS2. The highest BCUT2D eigenvalue weighted by molar-refractivity contribution is 9.10. The molecule has 0 saturated heterocycles. The monoisotopic (exact) mass is 364 g/mol. The van der Waals surface area contributed by atoms with Crippen LogP contribution in [-0.2, 0) is 0 Å². The van der Waals surface area contributed by atoms with Gasteiger partial charge in [-0.2, -0.15) is 0 Å². The number of Topliss-reactive ketones (excluding diaryl/α,β-unsaturated/α-hetero) is 1. The number of thiazole rings is 1. The summed E-state index contributed by atoms with van der Waals surface area (Å²) < 4.78 is 1.85. The predicted molar refractivity (Wildman–Crippen MR) is 86.6 cm³/mol. The zero-order valence-corrected chi connectivity index (χ0v) is 13.5. The van der Waals surface area contributed by atoms with Crippen molar-refractivity contribution in [1.29, 1.82) is 0 Å². The Labute approximate surface area is 132 Å². The Kier molecular flexibility index (Phi) is 4.14. The van der Waals surface area contributed by atoms with E-state index in [1.807, 2.05) is 36.4 Å². The average Bonchev–Trinajstić information content (AvgIpc) is 2.88. The summed E-state index contributed by atoms with van der Waals surface area (Å²) in [6.45, 7) is 0. The lowest BCUT2D eigenvalue weighted by molar-refractivity contribution is 0.102. The van der Waals surface area contributed by atoms with E-state index in [0.29, 0.717) is 5.75 Å². The van der Waals surface area contributed by atoms with Crippen molar-refractivity contribution in [2.45, 2.75) is 4.34 Å². The molecule has 6 heteroatoms. The summed E-state index contributed by atoms with van der Waals surface area (Å²) in [5, 5.41) is 0. The van der Waals surface area contributed by atoms with E-state index < -0.39 is 0 Å². The number of rotatable bonds is 4. The first-order valence-corrected chi connectivity index (χ1v) is 8.45. The molecule has 0 N–H and O–H groups in total. The maximum atomic E-state index is 12.1. The van der Waals surface area contributed by atoms with Crippen LogP contribution in [0.1, 0.15) is 10.4 Å². The molecule has 1 aromatic carbocycles. The van der Waals surface area contributed by atoms with Crippen LogP contribution in [-0.4, -0.2) is 21.5 Å². The molecule has 0 aliphatic heterocycles. The number of hydrogen-bond acceptors (Lipinski definition) is 5. The van der Waals surface area contributed by atoms with E-state index in [-0.39, 0.29) is 5.78 Å². The Morgan fingerprint density at radius 2 is 2.05 bits per heavy atom. The third kappa shape index (κ3) is 3.08. The summed E-state index contributed by atoms with van der Waals surface area (Å²) in [4.78, 5) is 21.7. The van der Waals surface area contributed by atoms with Crippen molar-refractivity contribution in [2.24, 2.45) is 0 Å². The van der Waals surface area contributed by atoms with Gasteiger partial charge in [0.15, 0.2) is 10.1 Å². The Bertz CT molecular complexity index is 722. The lowest BCUT2D eigenvalue weighted by atomic mass is 10.2. The van der Waals surface area contributed by atoms with E-state index in [2.05, 4.69) is 25.9 Å². The number of hydrogen-bond donors (Lipinski definition) is 0. The van der Waals surface area contributed by atoms with Crippen LogP contribution >= 0.6 is 39.0 Å². The number of pyridine rings is 1. The smallest absolute Gasteiger partial charge is 0.173 e. The van der Waals surface area contributed by atoms with Gasteiger partial charge >= 0.3 is 0 Å². The molecule has 20 heavy (non-hydrogen) atoms. The number of aromatic nitrogens is 2. The molecule has 0 bridgehead atoms. The number of thioether (sulfide) groups is 1. The van der Waals surface area contributed by atoms with Crippen molar-refractivity contribution in [1.82, 2.24) is 9.97 Å². The number of fused-ring (bicyclic) bond motifs is 1. The van der Waals surface area contributed by atoms with E-state index in [1.54, 1.807) is 6.20 Å². The maximum Gasteiger partial charge on any atom is 0.173 e. The van der Waals surface area contributed by atoms with Crippen molar-refractivity contribution in [3.63, 3.8) is 0 Å². The lowest BCUT2D eigenvalue weighted by Gasteiger charge is -1.99. The van der Waals surface area contributed by atoms with Crippen LogP contribution in [0.3, 0.4) is 0 Å². The molecule has 2 heterocycles.